The van der Waals surface area contributed by atoms with Crippen LogP contribution in [0.3, 0.4) is 0 Å². The van der Waals surface area contributed by atoms with E-state index in [1.807, 2.05) is 17.0 Å². The van der Waals surface area contributed by atoms with E-state index in [4.69, 9.17) is 0 Å². The number of hydrogen-bond donors (Lipinski definition) is 0. The first-order valence-electron chi connectivity index (χ1n) is 9.22. The Morgan fingerprint density at radius 1 is 1.00 bits per heavy atom. The zero-order chi connectivity index (χ0) is 17.8. The molecule has 1 aliphatic heterocycles. The lowest BCUT2D eigenvalue weighted by Crippen LogP contribution is -2.49. The number of amides is 1. The van der Waals surface area contributed by atoms with E-state index < -0.39 is 0 Å². The molecule has 2 aromatic rings. The Kier molecular flexibility index (Phi) is 5.42. The standard InChI is InChI=1S/C22H28N2O/c1-17(2)20-9-4-5-10-21(20)23-11-13-24(14-12-23)22(25)16-19-8-6-7-18(3)15-19/h4-10,15,17H,11-14,16H2,1-3H3. The van der Waals surface area contributed by atoms with E-state index in [1.165, 1.54) is 16.8 Å². The maximum Gasteiger partial charge on any atom is 0.227 e. The second-order valence-electron chi connectivity index (χ2n) is 7.25. The number of hydrogen-bond acceptors (Lipinski definition) is 2. The van der Waals surface area contributed by atoms with Crippen molar-refractivity contribution in [2.24, 2.45) is 0 Å². The van der Waals surface area contributed by atoms with E-state index in [9.17, 15) is 4.79 Å². The molecule has 0 atom stereocenters. The molecule has 25 heavy (non-hydrogen) atoms. The van der Waals surface area contributed by atoms with Crippen LogP contribution in [-0.4, -0.2) is 37.0 Å². The number of benzene rings is 2. The Hall–Kier alpha value is -2.29. The Morgan fingerprint density at radius 3 is 2.40 bits per heavy atom. The lowest BCUT2D eigenvalue weighted by molar-refractivity contribution is -0.130. The van der Waals surface area contributed by atoms with Gasteiger partial charge in [-0.2, -0.15) is 0 Å². The van der Waals surface area contributed by atoms with Gasteiger partial charge < -0.3 is 9.80 Å². The normalized spacial score (nSPS) is 14.9. The summed E-state index contributed by atoms with van der Waals surface area (Å²) < 4.78 is 0. The van der Waals surface area contributed by atoms with Gasteiger partial charge in [-0.25, -0.2) is 0 Å². The first-order valence-corrected chi connectivity index (χ1v) is 9.22. The van der Waals surface area contributed by atoms with Crippen molar-refractivity contribution in [2.75, 3.05) is 31.1 Å². The van der Waals surface area contributed by atoms with E-state index in [2.05, 4.69) is 62.1 Å². The van der Waals surface area contributed by atoms with E-state index in [-0.39, 0.29) is 5.91 Å². The van der Waals surface area contributed by atoms with Crippen molar-refractivity contribution in [3.8, 4) is 0 Å². The van der Waals surface area contributed by atoms with Crippen molar-refractivity contribution < 1.29 is 4.79 Å². The van der Waals surface area contributed by atoms with Gasteiger partial charge >= 0.3 is 0 Å². The SMILES string of the molecule is Cc1cccc(CC(=O)N2CCN(c3ccccc3C(C)C)CC2)c1. The predicted octanol–water partition coefficient (Wildman–Crippen LogP) is 4.01. The van der Waals surface area contributed by atoms with Crippen LogP contribution in [0.5, 0.6) is 0 Å². The first kappa shape index (κ1) is 17.5. The highest BCUT2D eigenvalue weighted by atomic mass is 16.2. The van der Waals surface area contributed by atoms with E-state index >= 15 is 0 Å². The van der Waals surface area contributed by atoms with Crippen LogP contribution in [0.25, 0.3) is 0 Å². The maximum absolute atomic E-state index is 12.6. The summed E-state index contributed by atoms with van der Waals surface area (Å²) in [6, 6.07) is 16.9. The summed E-state index contributed by atoms with van der Waals surface area (Å²) in [4.78, 5) is 17.0. The number of para-hydroxylation sites is 1. The average molecular weight is 336 g/mol. The fourth-order valence-corrected chi connectivity index (χ4v) is 3.57. The first-order chi connectivity index (χ1) is 12.0. The molecular weight excluding hydrogens is 308 g/mol. The van der Waals surface area contributed by atoms with Crippen LogP contribution in [0.2, 0.25) is 0 Å². The Bertz CT molecular complexity index is 730. The summed E-state index contributed by atoms with van der Waals surface area (Å²) in [6.45, 7) is 9.96. The molecule has 3 heteroatoms. The summed E-state index contributed by atoms with van der Waals surface area (Å²) in [5.41, 5.74) is 5.03. The topological polar surface area (TPSA) is 23.6 Å². The number of carbonyl (C=O) groups is 1. The minimum absolute atomic E-state index is 0.238. The molecule has 0 saturated carbocycles. The number of carbonyl (C=O) groups excluding carboxylic acids is 1. The molecule has 1 saturated heterocycles. The lowest BCUT2D eigenvalue weighted by Gasteiger charge is -2.37. The van der Waals surface area contributed by atoms with Gasteiger partial charge in [-0.3, -0.25) is 4.79 Å². The van der Waals surface area contributed by atoms with E-state index in [1.54, 1.807) is 0 Å². The quantitative estimate of drug-likeness (QED) is 0.842. The van der Waals surface area contributed by atoms with Gasteiger partial charge in [0.2, 0.25) is 5.91 Å². The molecule has 0 aliphatic carbocycles. The summed E-state index contributed by atoms with van der Waals surface area (Å²) >= 11 is 0. The molecule has 1 amide bonds. The molecule has 3 nitrogen and oxygen atoms in total. The molecule has 0 unspecified atom stereocenters. The number of aryl methyl sites for hydroxylation is 1. The van der Waals surface area contributed by atoms with Gasteiger partial charge in [0.1, 0.15) is 0 Å². The third-order valence-electron chi connectivity index (χ3n) is 4.97. The molecule has 0 radical (unpaired) electrons. The van der Waals surface area contributed by atoms with E-state index in [0.717, 1.165) is 31.7 Å². The zero-order valence-corrected chi connectivity index (χ0v) is 15.5. The second-order valence-corrected chi connectivity index (χ2v) is 7.25. The summed E-state index contributed by atoms with van der Waals surface area (Å²) in [5, 5.41) is 0. The second kappa shape index (κ2) is 7.73. The fraction of sp³-hybridized carbons (Fsp3) is 0.409. The van der Waals surface area contributed by atoms with Gasteiger partial charge in [0.15, 0.2) is 0 Å². The molecule has 1 aliphatic rings. The minimum atomic E-state index is 0.238. The summed E-state index contributed by atoms with van der Waals surface area (Å²) in [5.74, 6) is 0.750. The Labute approximate surface area is 151 Å². The van der Waals surface area contributed by atoms with Crippen LogP contribution in [0.1, 0.15) is 36.5 Å². The summed E-state index contributed by atoms with van der Waals surface area (Å²) in [6.07, 6.45) is 0.504. The molecule has 0 N–H and O–H groups in total. The van der Waals surface area contributed by atoms with Crippen LogP contribution in [0, 0.1) is 6.92 Å². The van der Waals surface area contributed by atoms with Crippen molar-refractivity contribution >= 4 is 11.6 Å². The zero-order valence-electron chi connectivity index (χ0n) is 15.5. The van der Waals surface area contributed by atoms with Gasteiger partial charge in [-0.1, -0.05) is 61.9 Å². The fourth-order valence-electron chi connectivity index (χ4n) is 3.57. The Morgan fingerprint density at radius 2 is 1.72 bits per heavy atom. The molecule has 3 rings (SSSR count). The molecule has 1 fully saturated rings. The molecule has 2 aromatic carbocycles. The molecule has 0 bridgehead atoms. The molecule has 132 valence electrons. The van der Waals surface area contributed by atoms with Crippen LogP contribution in [-0.2, 0) is 11.2 Å². The third-order valence-corrected chi connectivity index (χ3v) is 4.97. The van der Waals surface area contributed by atoms with Gasteiger partial charge in [-0.05, 0) is 30.0 Å². The number of anilines is 1. The van der Waals surface area contributed by atoms with Gasteiger partial charge in [0.05, 0.1) is 6.42 Å². The molecular formula is C22H28N2O. The molecule has 0 aromatic heterocycles. The average Bonchev–Trinajstić information content (AvgIpc) is 2.62. The smallest absolute Gasteiger partial charge is 0.227 e. The van der Waals surface area contributed by atoms with Gasteiger partial charge in [0.25, 0.3) is 0 Å². The van der Waals surface area contributed by atoms with Crippen LogP contribution < -0.4 is 4.90 Å². The largest absolute Gasteiger partial charge is 0.368 e. The highest BCUT2D eigenvalue weighted by Crippen LogP contribution is 2.28. The van der Waals surface area contributed by atoms with Crippen LogP contribution >= 0.6 is 0 Å². The number of rotatable bonds is 4. The minimum Gasteiger partial charge on any atom is -0.368 e. The number of nitrogens with zero attached hydrogens (tertiary/aromatic N) is 2. The van der Waals surface area contributed by atoms with E-state index in [0.29, 0.717) is 12.3 Å². The van der Waals surface area contributed by atoms with Gasteiger partial charge in [0, 0.05) is 31.9 Å². The van der Waals surface area contributed by atoms with Crippen molar-refractivity contribution in [1.29, 1.82) is 0 Å². The summed E-state index contributed by atoms with van der Waals surface area (Å²) in [7, 11) is 0. The van der Waals surface area contributed by atoms with Crippen LogP contribution in [0.4, 0.5) is 5.69 Å². The van der Waals surface area contributed by atoms with Crippen LogP contribution in [0.15, 0.2) is 48.5 Å². The van der Waals surface area contributed by atoms with Crippen molar-refractivity contribution in [2.45, 2.75) is 33.1 Å². The highest BCUT2D eigenvalue weighted by Gasteiger charge is 2.23. The highest BCUT2D eigenvalue weighted by molar-refractivity contribution is 5.79. The van der Waals surface area contributed by atoms with Gasteiger partial charge in [-0.15, -0.1) is 0 Å². The molecule has 0 spiro atoms. The Balaban J connectivity index is 1.61. The monoisotopic (exact) mass is 336 g/mol. The number of piperazine rings is 1. The predicted molar refractivity (Wildman–Crippen MR) is 104 cm³/mol. The maximum atomic E-state index is 12.6. The molecule has 1 heterocycles. The van der Waals surface area contributed by atoms with Crippen molar-refractivity contribution in [1.82, 2.24) is 4.90 Å². The van der Waals surface area contributed by atoms with Crippen molar-refractivity contribution in [3.63, 3.8) is 0 Å². The lowest BCUT2D eigenvalue weighted by atomic mass is 10.00. The third kappa shape index (κ3) is 4.22. The van der Waals surface area contributed by atoms with Crippen molar-refractivity contribution in [3.05, 3.63) is 65.2 Å².